The van der Waals surface area contributed by atoms with Crippen LogP contribution in [0.3, 0.4) is 0 Å². The van der Waals surface area contributed by atoms with Gasteiger partial charge in [-0.2, -0.15) is 4.98 Å². The van der Waals surface area contributed by atoms with Gasteiger partial charge in [0.05, 0.1) is 7.11 Å². The highest BCUT2D eigenvalue weighted by atomic mass is 16.5. The Labute approximate surface area is 141 Å². The third-order valence-electron chi connectivity index (χ3n) is 3.67. The van der Waals surface area contributed by atoms with E-state index in [9.17, 15) is 0 Å². The number of ether oxygens (including phenoxy) is 1. The summed E-state index contributed by atoms with van der Waals surface area (Å²) >= 11 is 0. The van der Waals surface area contributed by atoms with Crippen LogP contribution in [0.4, 0.5) is 17.5 Å². The normalized spacial score (nSPS) is 11.6. The van der Waals surface area contributed by atoms with Gasteiger partial charge in [-0.1, -0.05) is 30.3 Å². The van der Waals surface area contributed by atoms with E-state index in [1.807, 2.05) is 48.5 Å². The molecule has 2 aromatic carbocycles. The zero-order valence-electron chi connectivity index (χ0n) is 13.7. The third kappa shape index (κ3) is 4.01. The molecule has 0 fully saturated rings. The quantitative estimate of drug-likeness (QED) is 0.705. The van der Waals surface area contributed by atoms with Crippen molar-refractivity contribution in [2.45, 2.75) is 13.0 Å². The van der Waals surface area contributed by atoms with Crippen molar-refractivity contribution < 1.29 is 4.74 Å². The summed E-state index contributed by atoms with van der Waals surface area (Å²) in [7, 11) is 1.65. The Kier molecular flexibility index (Phi) is 4.91. The molecular formula is C19H20N4O. The van der Waals surface area contributed by atoms with E-state index in [0.717, 1.165) is 17.3 Å². The molecule has 0 amide bonds. The van der Waals surface area contributed by atoms with Crippen LogP contribution in [0.2, 0.25) is 0 Å². The van der Waals surface area contributed by atoms with Crippen molar-refractivity contribution in [3.8, 4) is 5.75 Å². The molecule has 1 heterocycles. The van der Waals surface area contributed by atoms with Crippen molar-refractivity contribution in [3.63, 3.8) is 0 Å². The Morgan fingerprint density at radius 3 is 2.42 bits per heavy atom. The molecule has 0 aliphatic heterocycles. The molecule has 2 N–H and O–H groups in total. The molecule has 0 bridgehead atoms. The Hall–Kier alpha value is -3.08. The van der Waals surface area contributed by atoms with E-state index in [0.29, 0.717) is 5.95 Å². The number of benzene rings is 2. The third-order valence-corrected chi connectivity index (χ3v) is 3.67. The summed E-state index contributed by atoms with van der Waals surface area (Å²) in [5.74, 6) is 2.14. The zero-order valence-corrected chi connectivity index (χ0v) is 13.7. The fraction of sp³-hybridized carbons (Fsp3) is 0.158. The lowest BCUT2D eigenvalue weighted by Gasteiger charge is -2.15. The fourth-order valence-electron chi connectivity index (χ4n) is 2.35. The molecular weight excluding hydrogens is 300 g/mol. The first-order valence-corrected chi connectivity index (χ1v) is 7.80. The molecule has 3 aromatic rings. The maximum atomic E-state index is 5.16. The predicted molar refractivity (Wildman–Crippen MR) is 96.8 cm³/mol. The topological polar surface area (TPSA) is 59.1 Å². The highest BCUT2D eigenvalue weighted by molar-refractivity contribution is 5.56. The molecule has 122 valence electrons. The van der Waals surface area contributed by atoms with E-state index in [1.165, 1.54) is 5.56 Å². The van der Waals surface area contributed by atoms with Gasteiger partial charge in [-0.15, -0.1) is 0 Å². The summed E-state index contributed by atoms with van der Waals surface area (Å²) in [4.78, 5) is 8.78. The number of methoxy groups -OCH3 is 1. The number of anilines is 3. The Morgan fingerprint density at radius 1 is 0.958 bits per heavy atom. The molecule has 5 nitrogen and oxygen atoms in total. The van der Waals surface area contributed by atoms with Crippen molar-refractivity contribution >= 4 is 17.5 Å². The Bertz CT molecular complexity index is 775. The van der Waals surface area contributed by atoms with E-state index >= 15 is 0 Å². The van der Waals surface area contributed by atoms with Gasteiger partial charge in [0.15, 0.2) is 0 Å². The minimum absolute atomic E-state index is 0.162. The minimum atomic E-state index is 0.162. The first kappa shape index (κ1) is 15.8. The second-order valence-corrected chi connectivity index (χ2v) is 5.40. The lowest BCUT2D eigenvalue weighted by atomic mass is 10.1. The molecule has 0 spiro atoms. The summed E-state index contributed by atoms with van der Waals surface area (Å²) in [5, 5.41) is 6.58. The first-order chi connectivity index (χ1) is 11.7. The van der Waals surface area contributed by atoms with Crippen molar-refractivity contribution in [1.29, 1.82) is 0 Å². The molecule has 0 saturated heterocycles. The smallest absolute Gasteiger partial charge is 0.229 e. The molecule has 0 saturated carbocycles. The monoisotopic (exact) mass is 320 g/mol. The summed E-state index contributed by atoms with van der Waals surface area (Å²) in [6.45, 7) is 2.11. The van der Waals surface area contributed by atoms with Crippen LogP contribution >= 0.6 is 0 Å². The molecule has 0 radical (unpaired) electrons. The van der Waals surface area contributed by atoms with E-state index < -0.39 is 0 Å². The number of aromatic nitrogens is 2. The summed E-state index contributed by atoms with van der Waals surface area (Å²) in [6, 6.07) is 19.9. The van der Waals surface area contributed by atoms with Crippen molar-refractivity contribution in [2.24, 2.45) is 0 Å². The van der Waals surface area contributed by atoms with Gasteiger partial charge in [-0.25, -0.2) is 4.98 Å². The van der Waals surface area contributed by atoms with Gasteiger partial charge in [0, 0.05) is 17.9 Å². The SMILES string of the molecule is COc1ccc(Nc2nccc(NC(C)c3ccccc3)n2)cc1. The van der Waals surface area contributed by atoms with Gasteiger partial charge in [-0.05, 0) is 42.8 Å². The minimum Gasteiger partial charge on any atom is -0.497 e. The van der Waals surface area contributed by atoms with Crippen molar-refractivity contribution in [2.75, 3.05) is 17.7 Å². The van der Waals surface area contributed by atoms with E-state index in [1.54, 1.807) is 13.3 Å². The van der Waals surface area contributed by atoms with Gasteiger partial charge >= 0.3 is 0 Å². The van der Waals surface area contributed by atoms with Gasteiger partial charge < -0.3 is 15.4 Å². The molecule has 1 unspecified atom stereocenters. The van der Waals surface area contributed by atoms with Gasteiger partial charge in [0.2, 0.25) is 5.95 Å². The number of nitrogens with zero attached hydrogens (tertiary/aromatic N) is 2. The van der Waals surface area contributed by atoms with Crippen LogP contribution in [0.5, 0.6) is 5.75 Å². The lowest BCUT2D eigenvalue weighted by molar-refractivity contribution is 0.415. The van der Waals surface area contributed by atoms with E-state index in [-0.39, 0.29) is 6.04 Å². The maximum Gasteiger partial charge on any atom is 0.229 e. The second kappa shape index (κ2) is 7.46. The molecule has 24 heavy (non-hydrogen) atoms. The second-order valence-electron chi connectivity index (χ2n) is 5.40. The van der Waals surface area contributed by atoms with Gasteiger partial charge in [-0.3, -0.25) is 0 Å². The van der Waals surface area contributed by atoms with E-state index in [2.05, 4.69) is 39.7 Å². The summed E-state index contributed by atoms with van der Waals surface area (Å²) in [6.07, 6.45) is 1.74. The molecule has 0 aliphatic rings. The standard InChI is InChI=1S/C19H20N4O/c1-14(15-6-4-3-5-7-15)21-18-12-13-20-19(23-18)22-16-8-10-17(24-2)11-9-16/h3-14H,1-2H3,(H2,20,21,22,23). The number of hydrogen-bond acceptors (Lipinski definition) is 5. The van der Waals surface area contributed by atoms with Crippen molar-refractivity contribution in [1.82, 2.24) is 9.97 Å². The van der Waals surface area contributed by atoms with Gasteiger partial charge in [0.25, 0.3) is 0 Å². The molecule has 5 heteroatoms. The van der Waals surface area contributed by atoms with Crippen molar-refractivity contribution in [3.05, 3.63) is 72.4 Å². The number of hydrogen-bond donors (Lipinski definition) is 2. The van der Waals surface area contributed by atoms with Crippen LogP contribution in [0.1, 0.15) is 18.5 Å². The average Bonchev–Trinajstić information content (AvgIpc) is 2.63. The molecule has 0 aliphatic carbocycles. The van der Waals surface area contributed by atoms with Crippen LogP contribution < -0.4 is 15.4 Å². The van der Waals surface area contributed by atoms with Crippen LogP contribution in [-0.4, -0.2) is 17.1 Å². The molecule has 1 aromatic heterocycles. The first-order valence-electron chi connectivity index (χ1n) is 7.80. The highest BCUT2D eigenvalue weighted by Crippen LogP contribution is 2.20. The van der Waals surface area contributed by atoms with Crippen LogP contribution in [0, 0.1) is 0 Å². The Morgan fingerprint density at radius 2 is 1.71 bits per heavy atom. The lowest BCUT2D eigenvalue weighted by Crippen LogP contribution is -2.09. The van der Waals surface area contributed by atoms with Crippen LogP contribution in [-0.2, 0) is 0 Å². The molecule has 1 atom stereocenters. The Balaban J connectivity index is 1.69. The number of rotatable bonds is 6. The number of nitrogens with one attached hydrogen (secondary N) is 2. The highest BCUT2D eigenvalue weighted by Gasteiger charge is 2.06. The molecule has 3 rings (SSSR count). The zero-order chi connectivity index (χ0) is 16.8. The fourth-order valence-corrected chi connectivity index (χ4v) is 2.35. The predicted octanol–water partition coefficient (Wildman–Crippen LogP) is 4.40. The summed E-state index contributed by atoms with van der Waals surface area (Å²) < 4.78 is 5.16. The average molecular weight is 320 g/mol. The maximum absolute atomic E-state index is 5.16. The van der Waals surface area contributed by atoms with Gasteiger partial charge in [0.1, 0.15) is 11.6 Å². The van der Waals surface area contributed by atoms with Crippen LogP contribution in [0.25, 0.3) is 0 Å². The van der Waals surface area contributed by atoms with E-state index in [4.69, 9.17) is 4.74 Å². The summed E-state index contributed by atoms with van der Waals surface area (Å²) in [5.41, 5.74) is 2.12. The van der Waals surface area contributed by atoms with Crippen LogP contribution in [0.15, 0.2) is 66.9 Å². The largest absolute Gasteiger partial charge is 0.497 e.